The van der Waals surface area contributed by atoms with Crippen LogP contribution in [0, 0.1) is 12.8 Å². The lowest BCUT2D eigenvalue weighted by atomic mass is 9.98. The lowest BCUT2D eigenvalue weighted by Crippen LogP contribution is -2.43. The predicted octanol–water partition coefficient (Wildman–Crippen LogP) is 3.40. The van der Waals surface area contributed by atoms with E-state index >= 15 is 0 Å². The Morgan fingerprint density at radius 2 is 1.89 bits per heavy atom. The number of carbonyl (C=O) groups is 3. The van der Waals surface area contributed by atoms with Crippen LogP contribution in [0.15, 0.2) is 29.2 Å². The van der Waals surface area contributed by atoms with E-state index in [1.807, 2.05) is 6.92 Å². The van der Waals surface area contributed by atoms with E-state index in [1.165, 1.54) is 22.8 Å². The number of anilines is 1. The smallest absolute Gasteiger partial charge is 0.410 e. The number of hydrogen-bond donors (Lipinski definition) is 1. The Hall–Kier alpha value is -2.96. The number of fused-ring (bicyclic) bond motifs is 1. The van der Waals surface area contributed by atoms with Gasteiger partial charge in [-0.3, -0.25) is 4.79 Å². The number of methoxy groups -OCH3 is 1. The second-order valence-corrected chi connectivity index (χ2v) is 12.1. The molecule has 0 aliphatic carbocycles. The molecule has 3 heterocycles. The van der Waals surface area contributed by atoms with Crippen LogP contribution in [-0.4, -0.2) is 68.9 Å². The summed E-state index contributed by atoms with van der Waals surface area (Å²) in [6.45, 7) is 4.93. The molecule has 0 saturated carbocycles. The topological polar surface area (TPSA) is 122 Å². The molecule has 2 aliphatic heterocycles. The summed E-state index contributed by atoms with van der Waals surface area (Å²) in [5, 5.41) is 3.22. The van der Waals surface area contributed by atoms with E-state index < -0.39 is 28.0 Å². The third-order valence-corrected chi connectivity index (χ3v) is 9.63. The van der Waals surface area contributed by atoms with Gasteiger partial charge in [0.15, 0.2) is 0 Å². The molecule has 1 aromatic carbocycles. The van der Waals surface area contributed by atoms with E-state index in [0.717, 1.165) is 16.0 Å². The second kappa shape index (κ2) is 11.2. The molecule has 1 aromatic heterocycles. The third-order valence-electron chi connectivity index (χ3n) is 6.62. The Morgan fingerprint density at radius 1 is 1.16 bits per heavy atom. The molecule has 2 amide bonds. The number of hydrogen-bond acceptors (Lipinski definition) is 8. The zero-order chi connectivity index (χ0) is 26.7. The van der Waals surface area contributed by atoms with Gasteiger partial charge in [-0.15, -0.1) is 11.3 Å². The van der Waals surface area contributed by atoms with Gasteiger partial charge in [0, 0.05) is 24.5 Å². The highest BCUT2D eigenvalue weighted by Crippen LogP contribution is 2.38. The molecule has 200 valence electrons. The monoisotopic (exact) mass is 549 g/mol. The first kappa shape index (κ1) is 27.1. The van der Waals surface area contributed by atoms with Crippen molar-refractivity contribution in [2.75, 3.05) is 38.7 Å². The number of benzene rings is 1. The summed E-state index contributed by atoms with van der Waals surface area (Å²) in [7, 11) is -2.45. The van der Waals surface area contributed by atoms with E-state index in [0.29, 0.717) is 42.9 Å². The fourth-order valence-electron chi connectivity index (χ4n) is 4.63. The highest BCUT2D eigenvalue weighted by molar-refractivity contribution is 7.89. The predicted molar refractivity (Wildman–Crippen MR) is 138 cm³/mol. The summed E-state index contributed by atoms with van der Waals surface area (Å²) in [6, 6.07) is 6.65. The van der Waals surface area contributed by atoms with Crippen molar-refractivity contribution < 1.29 is 32.3 Å². The number of carbonyl (C=O) groups excluding carboxylic acids is 3. The fourth-order valence-corrected chi connectivity index (χ4v) is 7.41. The van der Waals surface area contributed by atoms with Crippen LogP contribution in [0.1, 0.15) is 46.1 Å². The molecule has 1 fully saturated rings. The molecular formula is C25H31N3O7S2. The van der Waals surface area contributed by atoms with E-state index in [-0.39, 0.29) is 30.5 Å². The minimum Gasteiger partial charge on any atom is -0.465 e. The number of thiophene rings is 1. The second-order valence-electron chi connectivity index (χ2n) is 9.07. The van der Waals surface area contributed by atoms with Gasteiger partial charge in [-0.2, -0.15) is 4.31 Å². The molecule has 37 heavy (non-hydrogen) atoms. The maximum atomic E-state index is 13.3. The normalized spacial score (nSPS) is 18.1. The van der Waals surface area contributed by atoms with Gasteiger partial charge in [0.25, 0.3) is 0 Å². The summed E-state index contributed by atoms with van der Waals surface area (Å²) >= 11 is 1.23. The third kappa shape index (κ3) is 5.65. The summed E-state index contributed by atoms with van der Waals surface area (Å²) in [6.07, 6.45) is 1.07. The van der Waals surface area contributed by atoms with Crippen LogP contribution < -0.4 is 5.32 Å². The summed E-state index contributed by atoms with van der Waals surface area (Å²) in [5.74, 6) is -1.49. The molecule has 12 heteroatoms. The molecule has 0 radical (unpaired) electrons. The molecule has 1 N–H and O–H groups in total. The van der Waals surface area contributed by atoms with Gasteiger partial charge in [-0.25, -0.2) is 18.0 Å². The number of nitrogens with one attached hydrogen (secondary N) is 1. The first-order chi connectivity index (χ1) is 17.6. The lowest BCUT2D eigenvalue weighted by Gasteiger charge is -2.31. The molecule has 1 atom stereocenters. The Kier molecular flexibility index (Phi) is 8.20. The largest absolute Gasteiger partial charge is 0.465 e. The minimum atomic E-state index is -3.73. The quantitative estimate of drug-likeness (QED) is 0.548. The average molecular weight is 550 g/mol. The maximum Gasteiger partial charge on any atom is 0.410 e. The van der Waals surface area contributed by atoms with E-state index in [4.69, 9.17) is 9.47 Å². The summed E-state index contributed by atoms with van der Waals surface area (Å²) in [5.41, 5.74) is 2.00. The number of aryl methyl sites for hydroxylation is 1. The van der Waals surface area contributed by atoms with Crippen LogP contribution >= 0.6 is 11.3 Å². The summed E-state index contributed by atoms with van der Waals surface area (Å²) in [4.78, 5) is 40.7. The van der Waals surface area contributed by atoms with E-state index in [9.17, 15) is 22.8 Å². The zero-order valence-corrected chi connectivity index (χ0v) is 22.7. The fraction of sp³-hybridized carbons (Fsp3) is 0.480. The number of rotatable bonds is 6. The number of ether oxygens (including phenoxy) is 2. The van der Waals surface area contributed by atoms with Gasteiger partial charge < -0.3 is 19.7 Å². The van der Waals surface area contributed by atoms with Gasteiger partial charge in [0.2, 0.25) is 15.9 Å². The molecule has 0 spiro atoms. The average Bonchev–Trinajstić information content (AvgIpc) is 3.25. The molecule has 1 saturated heterocycles. The van der Waals surface area contributed by atoms with Crippen molar-refractivity contribution in [2.45, 2.75) is 44.6 Å². The van der Waals surface area contributed by atoms with Gasteiger partial charge in [0.05, 0.1) is 36.6 Å². The minimum absolute atomic E-state index is 0.0529. The van der Waals surface area contributed by atoms with Crippen LogP contribution in [0.2, 0.25) is 0 Å². The molecule has 2 aromatic rings. The first-order valence-electron chi connectivity index (χ1n) is 12.2. The number of piperidine rings is 1. The maximum absolute atomic E-state index is 13.3. The highest BCUT2D eigenvalue weighted by atomic mass is 32.2. The van der Waals surface area contributed by atoms with Gasteiger partial charge in [-0.1, -0.05) is 17.7 Å². The van der Waals surface area contributed by atoms with Crippen LogP contribution in [-0.2, 0) is 37.3 Å². The zero-order valence-electron chi connectivity index (χ0n) is 21.1. The van der Waals surface area contributed by atoms with Crippen LogP contribution in [0.5, 0.6) is 0 Å². The Labute approximate surface area is 220 Å². The van der Waals surface area contributed by atoms with Crippen molar-refractivity contribution in [3.8, 4) is 0 Å². The SMILES string of the molecule is CCOC(=O)N1CCc2c(sc(NC(=O)C3CCCN(S(=O)(=O)c4ccc(C)cc4)C3)c2C(=O)OC)C1. The standard InChI is InChI=1S/C25H31N3O7S2/c1-4-35-25(31)27-13-11-19-20(15-27)36-23(21(19)24(30)34-3)26-22(29)17-6-5-12-28(14-17)37(32,33)18-9-7-16(2)8-10-18/h7-10,17H,4-6,11-15H2,1-3H3,(H,26,29). The van der Waals surface area contributed by atoms with Crippen molar-refractivity contribution in [2.24, 2.45) is 5.92 Å². The van der Waals surface area contributed by atoms with E-state index in [1.54, 1.807) is 36.1 Å². The number of esters is 1. The number of sulfonamides is 1. The molecular weight excluding hydrogens is 518 g/mol. The molecule has 4 rings (SSSR count). The molecule has 2 aliphatic rings. The lowest BCUT2D eigenvalue weighted by molar-refractivity contribution is -0.120. The van der Waals surface area contributed by atoms with Crippen LogP contribution in [0.3, 0.4) is 0 Å². The van der Waals surface area contributed by atoms with Crippen molar-refractivity contribution in [3.05, 3.63) is 45.8 Å². The first-order valence-corrected chi connectivity index (χ1v) is 14.4. The van der Waals surface area contributed by atoms with Crippen LogP contribution in [0.4, 0.5) is 9.80 Å². The Balaban J connectivity index is 1.53. The van der Waals surface area contributed by atoms with Gasteiger partial charge in [0.1, 0.15) is 5.00 Å². The molecule has 0 bridgehead atoms. The Morgan fingerprint density at radius 3 is 2.57 bits per heavy atom. The van der Waals surface area contributed by atoms with Crippen LogP contribution in [0.25, 0.3) is 0 Å². The van der Waals surface area contributed by atoms with Gasteiger partial charge in [-0.05, 0) is 50.8 Å². The number of amides is 2. The van der Waals surface area contributed by atoms with Crippen molar-refractivity contribution >= 4 is 44.3 Å². The van der Waals surface area contributed by atoms with E-state index in [2.05, 4.69) is 5.32 Å². The summed E-state index contributed by atoms with van der Waals surface area (Å²) < 4.78 is 37.8. The number of nitrogens with zero attached hydrogens (tertiary/aromatic N) is 2. The molecule has 1 unspecified atom stereocenters. The molecule has 10 nitrogen and oxygen atoms in total. The van der Waals surface area contributed by atoms with Crippen molar-refractivity contribution in [1.29, 1.82) is 0 Å². The van der Waals surface area contributed by atoms with Crippen molar-refractivity contribution in [3.63, 3.8) is 0 Å². The Bertz CT molecular complexity index is 1290. The van der Waals surface area contributed by atoms with Gasteiger partial charge >= 0.3 is 12.1 Å². The highest BCUT2D eigenvalue weighted by Gasteiger charge is 2.35. The van der Waals surface area contributed by atoms with Crippen molar-refractivity contribution in [1.82, 2.24) is 9.21 Å².